The molecule has 2 aromatic rings. The summed E-state index contributed by atoms with van der Waals surface area (Å²) in [4.78, 5) is 1.36. The number of likely N-dealkylation sites (N-methyl/N-ethyl adjacent to an activating group) is 1. The molecule has 1 heterocycles. The summed E-state index contributed by atoms with van der Waals surface area (Å²) < 4.78 is 2.30. The predicted molar refractivity (Wildman–Crippen MR) is 91.0 cm³/mol. The first-order valence-electron chi connectivity index (χ1n) is 6.34. The summed E-state index contributed by atoms with van der Waals surface area (Å²) in [7, 11) is 0. The van der Waals surface area contributed by atoms with Crippen LogP contribution in [0.2, 0.25) is 0 Å². The molecule has 1 atom stereocenters. The van der Waals surface area contributed by atoms with Crippen molar-refractivity contribution in [1.82, 2.24) is 5.32 Å². The molecule has 0 aliphatic heterocycles. The molecule has 0 fully saturated rings. The van der Waals surface area contributed by atoms with Gasteiger partial charge in [0.15, 0.2) is 0 Å². The number of thiophene rings is 1. The molecule has 0 radical (unpaired) electrons. The summed E-state index contributed by atoms with van der Waals surface area (Å²) in [6, 6.07) is 11.2. The number of rotatable bonds is 5. The Hall–Kier alpha value is -0.160. The smallest absolute Gasteiger partial charge is 0.0843 e. The van der Waals surface area contributed by atoms with Crippen molar-refractivity contribution in [3.05, 3.63) is 54.6 Å². The Labute approximate surface area is 135 Å². The van der Waals surface area contributed by atoms with Crippen LogP contribution in [0.4, 0.5) is 0 Å². The second-order valence-electron chi connectivity index (χ2n) is 4.51. The largest absolute Gasteiger partial charge is 0.309 e. The van der Waals surface area contributed by atoms with Gasteiger partial charge >= 0.3 is 0 Å². The van der Waals surface area contributed by atoms with E-state index in [2.05, 4.69) is 81.4 Å². The molecule has 0 bridgehead atoms. The van der Waals surface area contributed by atoms with Crippen molar-refractivity contribution >= 4 is 43.2 Å². The van der Waals surface area contributed by atoms with Gasteiger partial charge in [0.05, 0.1) is 3.79 Å². The van der Waals surface area contributed by atoms with Crippen molar-refractivity contribution in [3.63, 3.8) is 0 Å². The van der Waals surface area contributed by atoms with Crippen LogP contribution < -0.4 is 5.32 Å². The Kier molecular flexibility index (Phi) is 5.63. The first-order chi connectivity index (χ1) is 9.11. The number of halogens is 2. The fourth-order valence-corrected chi connectivity index (χ4v) is 4.28. The Balaban J connectivity index is 2.23. The van der Waals surface area contributed by atoms with E-state index in [4.69, 9.17) is 0 Å². The Morgan fingerprint density at radius 3 is 2.58 bits per heavy atom. The van der Waals surface area contributed by atoms with E-state index in [0.717, 1.165) is 21.2 Å². The standard InChI is InChI=1S/C15H17Br2NS/c1-3-18-13(14-9-12(16)15(17)19-14)8-11-7-5-4-6-10(11)2/h4-7,9,13,18H,3,8H2,1-2H3. The zero-order valence-corrected chi connectivity index (χ0v) is 15.0. The number of hydrogen-bond acceptors (Lipinski definition) is 2. The molecule has 0 saturated heterocycles. The van der Waals surface area contributed by atoms with Gasteiger partial charge in [-0.15, -0.1) is 11.3 Å². The quantitative estimate of drug-likeness (QED) is 0.698. The van der Waals surface area contributed by atoms with E-state index >= 15 is 0 Å². The predicted octanol–water partition coefficient (Wildman–Crippen LogP) is 5.47. The van der Waals surface area contributed by atoms with Crippen molar-refractivity contribution < 1.29 is 0 Å². The Bertz CT molecular complexity index is 531. The molecule has 1 aromatic carbocycles. The van der Waals surface area contributed by atoms with Gasteiger partial charge < -0.3 is 5.32 Å². The highest BCUT2D eigenvalue weighted by Gasteiger charge is 2.16. The molecule has 0 spiro atoms. The van der Waals surface area contributed by atoms with Gasteiger partial charge in [-0.3, -0.25) is 0 Å². The number of benzene rings is 1. The zero-order valence-electron chi connectivity index (χ0n) is 11.0. The van der Waals surface area contributed by atoms with Crippen LogP contribution >= 0.6 is 43.2 Å². The van der Waals surface area contributed by atoms with Crippen LogP contribution in [0.15, 0.2) is 38.6 Å². The topological polar surface area (TPSA) is 12.0 Å². The lowest BCUT2D eigenvalue weighted by molar-refractivity contribution is 0.557. The number of aryl methyl sites for hydroxylation is 1. The molecule has 102 valence electrons. The summed E-state index contributed by atoms with van der Waals surface area (Å²) in [5.41, 5.74) is 2.77. The molecule has 0 saturated carbocycles. The third-order valence-corrected chi connectivity index (χ3v) is 6.51. The molecule has 19 heavy (non-hydrogen) atoms. The highest BCUT2D eigenvalue weighted by molar-refractivity contribution is 9.13. The fraction of sp³-hybridized carbons (Fsp3) is 0.333. The minimum atomic E-state index is 0.374. The Morgan fingerprint density at radius 2 is 2.00 bits per heavy atom. The molecule has 0 aliphatic rings. The second kappa shape index (κ2) is 7.02. The van der Waals surface area contributed by atoms with Gasteiger partial charge in [-0.25, -0.2) is 0 Å². The normalized spacial score (nSPS) is 12.6. The number of nitrogens with one attached hydrogen (secondary N) is 1. The highest BCUT2D eigenvalue weighted by atomic mass is 79.9. The molecule has 4 heteroatoms. The SMILES string of the molecule is CCNC(Cc1ccccc1C)c1cc(Br)c(Br)s1. The van der Waals surface area contributed by atoms with E-state index in [-0.39, 0.29) is 0 Å². The monoisotopic (exact) mass is 401 g/mol. The van der Waals surface area contributed by atoms with Crippen LogP contribution in [0, 0.1) is 6.92 Å². The van der Waals surface area contributed by atoms with Crippen LogP contribution in [-0.4, -0.2) is 6.54 Å². The molecular weight excluding hydrogens is 386 g/mol. The molecule has 2 rings (SSSR count). The average Bonchev–Trinajstić information content (AvgIpc) is 2.72. The van der Waals surface area contributed by atoms with Crippen molar-refractivity contribution in [1.29, 1.82) is 0 Å². The van der Waals surface area contributed by atoms with Crippen LogP contribution in [0.1, 0.15) is 29.0 Å². The van der Waals surface area contributed by atoms with E-state index in [1.165, 1.54) is 16.0 Å². The molecule has 1 N–H and O–H groups in total. The van der Waals surface area contributed by atoms with Gasteiger partial charge in [0.1, 0.15) is 0 Å². The third-order valence-electron chi connectivity index (χ3n) is 3.14. The lowest BCUT2D eigenvalue weighted by Crippen LogP contribution is -2.22. The van der Waals surface area contributed by atoms with E-state index in [1.807, 2.05) is 0 Å². The van der Waals surface area contributed by atoms with Gasteiger partial charge in [-0.05, 0) is 68.9 Å². The van der Waals surface area contributed by atoms with Crippen LogP contribution in [0.25, 0.3) is 0 Å². The molecule has 1 aromatic heterocycles. The van der Waals surface area contributed by atoms with Gasteiger partial charge in [0, 0.05) is 15.4 Å². The first-order valence-corrected chi connectivity index (χ1v) is 8.74. The lowest BCUT2D eigenvalue weighted by Gasteiger charge is -2.17. The summed E-state index contributed by atoms with van der Waals surface area (Å²) in [6.07, 6.45) is 1.03. The summed E-state index contributed by atoms with van der Waals surface area (Å²) in [5.74, 6) is 0. The van der Waals surface area contributed by atoms with Crippen molar-refractivity contribution in [2.24, 2.45) is 0 Å². The molecular formula is C15H17Br2NS. The van der Waals surface area contributed by atoms with E-state index < -0.39 is 0 Å². The van der Waals surface area contributed by atoms with Gasteiger partial charge in [-0.2, -0.15) is 0 Å². The van der Waals surface area contributed by atoms with E-state index in [1.54, 1.807) is 11.3 Å². The van der Waals surface area contributed by atoms with Gasteiger partial charge in [0.25, 0.3) is 0 Å². The molecule has 0 aliphatic carbocycles. The van der Waals surface area contributed by atoms with E-state index in [9.17, 15) is 0 Å². The first kappa shape index (κ1) is 15.2. The van der Waals surface area contributed by atoms with Crippen LogP contribution in [0.5, 0.6) is 0 Å². The van der Waals surface area contributed by atoms with Crippen LogP contribution in [-0.2, 0) is 6.42 Å². The molecule has 1 unspecified atom stereocenters. The zero-order chi connectivity index (χ0) is 13.8. The Morgan fingerprint density at radius 1 is 1.26 bits per heavy atom. The van der Waals surface area contributed by atoms with Crippen molar-refractivity contribution in [3.8, 4) is 0 Å². The molecule has 1 nitrogen and oxygen atoms in total. The minimum Gasteiger partial charge on any atom is -0.309 e. The highest BCUT2D eigenvalue weighted by Crippen LogP contribution is 2.36. The maximum Gasteiger partial charge on any atom is 0.0843 e. The van der Waals surface area contributed by atoms with Gasteiger partial charge in [-0.1, -0.05) is 31.2 Å². The maximum atomic E-state index is 3.58. The van der Waals surface area contributed by atoms with Crippen molar-refractivity contribution in [2.45, 2.75) is 26.3 Å². The number of hydrogen-bond donors (Lipinski definition) is 1. The molecule has 0 amide bonds. The summed E-state index contributed by atoms with van der Waals surface area (Å²) in [5, 5.41) is 3.58. The average molecular weight is 403 g/mol. The summed E-state index contributed by atoms with van der Waals surface area (Å²) >= 11 is 8.95. The van der Waals surface area contributed by atoms with Gasteiger partial charge in [0.2, 0.25) is 0 Å². The summed E-state index contributed by atoms with van der Waals surface area (Å²) in [6.45, 7) is 5.31. The fourth-order valence-electron chi connectivity index (χ4n) is 2.11. The van der Waals surface area contributed by atoms with E-state index in [0.29, 0.717) is 6.04 Å². The lowest BCUT2D eigenvalue weighted by atomic mass is 10.0. The van der Waals surface area contributed by atoms with Crippen LogP contribution in [0.3, 0.4) is 0 Å². The third kappa shape index (κ3) is 3.91. The van der Waals surface area contributed by atoms with Crippen molar-refractivity contribution in [2.75, 3.05) is 6.54 Å². The maximum absolute atomic E-state index is 3.58. The second-order valence-corrected chi connectivity index (χ2v) is 7.77. The minimum absolute atomic E-state index is 0.374.